The topological polar surface area (TPSA) is 44.2 Å². The van der Waals surface area contributed by atoms with E-state index in [2.05, 4.69) is 16.9 Å². The van der Waals surface area contributed by atoms with Gasteiger partial charge in [0, 0.05) is 23.5 Å². The first-order valence-electron chi connectivity index (χ1n) is 12.0. The van der Waals surface area contributed by atoms with Gasteiger partial charge in [0.05, 0.1) is 6.61 Å². The van der Waals surface area contributed by atoms with Crippen LogP contribution >= 0.6 is 0 Å². The molecule has 4 nitrogen and oxygen atoms in total. The van der Waals surface area contributed by atoms with Crippen molar-refractivity contribution in [1.29, 1.82) is 0 Å². The molecule has 3 rings (SSSR count). The lowest BCUT2D eigenvalue weighted by atomic mass is 10.0. The van der Waals surface area contributed by atoms with E-state index >= 15 is 0 Å². The number of nitrogens with zero attached hydrogens (tertiary/aromatic N) is 2. The molecule has 0 bridgehead atoms. The molecule has 0 aliphatic heterocycles. The Morgan fingerprint density at radius 1 is 0.758 bits per heavy atom. The highest BCUT2D eigenvalue weighted by Gasteiger charge is 2.15. The second kappa shape index (κ2) is 12.9. The molecule has 1 aromatic heterocycles. The van der Waals surface area contributed by atoms with Gasteiger partial charge >= 0.3 is 0 Å². The third-order valence-corrected chi connectivity index (χ3v) is 5.89. The Labute approximate surface area is 197 Å². The van der Waals surface area contributed by atoms with Gasteiger partial charge in [-0.25, -0.2) is 14.4 Å². The molecular weight excluding hydrogens is 415 g/mol. The Bertz CT molecular complexity index is 943. The van der Waals surface area contributed by atoms with Crippen LogP contribution in [0.25, 0.3) is 22.5 Å². The summed E-state index contributed by atoms with van der Waals surface area (Å²) in [5.74, 6) is 2.21. The monoisotopic (exact) mass is 450 g/mol. The maximum atomic E-state index is 14.0. The minimum atomic E-state index is -0.956. The second-order valence-corrected chi connectivity index (χ2v) is 8.47. The number of alkyl halides is 1. The van der Waals surface area contributed by atoms with Gasteiger partial charge in [-0.2, -0.15) is 0 Å². The fraction of sp³-hybridized carbons (Fsp3) is 0.429. The molecule has 0 N–H and O–H groups in total. The number of aromatic nitrogens is 2. The summed E-state index contributed by atoms with van der Waals surface area (Å²) in [6.45, 7) is 6.92. The van der Waals surface area contributed by atoms with Gasteiger partial charge in [0.25, 0.3) is 0 Å². The van der Waals surface area contributed by atoms with Gasteiger partial charge in [-0.3, -0.25) is 0 Å². The van der Waals surface area contributed by atoms with Crippen molar-refractivity contribution >= 4 is 0 Å². The Kier molecular flexibility index (Phi) is 9.67. The molecule has 1 heterocycles. The van der Waals surface area contributed by atoms with Crippen molar-refractivity contribution < 1.29 is 13.9 Å². The third-order valence-electron chi connectivity index (χ3n) is 5.89. The standard InChI is InChI=1S/C28H35FN2O2/c1-4-6-7-8-17-32-25-15-11-23(12-16-25)28-30-18-24(19-31-28)22-9-13-26(14-10-22)33-20-27(29)21(3)5-2/h9-16,18-19,21,27H,4-8,17,20H2,1-3H3. The SMILES string of the molecule is CCCCCCOc1ccc(-c2ncc(-c3ccc(OCC(F)C(C)CC)cc3)cn2)cc1. The summed E-state index contributed by atoms with van der Waals surface area (Å²) < 4.78 is 25.4. The lowest BCUT2D eigenvalue weighted by molar-refractivity contribution is 0.145. The molecule has 3 aromatic rings. The molecule has 0 saturated heterocycles. The zero-order valence-corrected chi connectivity index (χ0v) is 20.0. The molecule has 0 fully saturated rings. The van der Waals surface area contributed by atoms with E-state index in [4.69, 9.17) is 9.47 Å². The number of rotatable bonds is 13. The van der Waals surface area contributed by atoms with E-state index in [0.717, 1.165) is 41.9 Å². The van der Waals surface area contributed by atoms with Gasteiger partial charge in [-0.1, -0.05) is 58.6 Å². The van der Waals surface area contributed by atoms with Crippen molar-refractivity contribution in [2.24, 2.45) is 5.92 Å². The van der Waals surface area contributed by atoms with Crippen molar-refractivity contribution in [2.75, 3.05) is 13.2 Å². The van der Waals surface area contributed by atoms with Crippen molar-refractivity contribution in [3.8, 4) is 34.0 Å². The highest BCUT2D eigenvalue weighted by Crippen LogP contribution is 2.24. The average molecular weight is 451 g/mol. The molecule has 0 aliphatic carbocycles. The molecule has 0 radical (unpaired) electrons. The first-order chi connectivity index (χ1) is 16.1. The van der Waals surface area contributed by atoms with E-state index in [1.165, 1.54) is 19.3 Å². The maximum Gasteiger partial charge on any atom is 0.159 e. The molecule has 0 amide bonds. The Morgan fingerprint density at radius 2 is 1.36 bits per heavy atom. The van der Waals surface area contributed by atoms with E-state index < -0.39 is 6.17 Å². The fourth-order valence-electron chi connectivity index (χ4n) is 3.38. The summed E-state index contributed by atoms with van der Waals surface area (Å²) >= 11 is 0. The first kappa shape index (κ1) is 24.7. The van der Waals surface area contributed by atoms with Crippen LogP contribution in [0, 0.1) is 5.92 Å². The van der Waals surface area contributed by atoms with Gasteiger partial charge in [-0.15, -0.1) is 0 Å². The minimum Gasteiger partial charge on any atom is -0.494 e. The predicted octanol–water partition coefficient (Wildman–Crippen LogP) is 7.53. The van der Waals surface area contributed by atoms with Crippen LogP contribution in [0.5, 0.6) is 11.5 Å². The number of benzene rings is 2. The zero-order valence-electron chi connectivity index (χ0n) is 20.0. The summed E-state index contributed by atoms with van der Waals surface area (Å²) in [7, 11) is 0. The molecule has 176 valence electrons. The number of unbranched alkanes of at least 4 members (excludes halogenated alkanes) is 3. The Hall–Kier alpha value is -2.95. The maximum absolute atomic E-state index is 14.0. The van der Waals surface area contributed by atoms with Crippen molar-refractivity contribution in [2.45, 2.75) is 59.0 Å². The van der Waals surface area contributed by atoms with E-state index in [1.807, 2.05) is 74.8 Å². The van der Waals surface area contributed by atoms with Gasteiger partial charge in [0.15, 0.2) is 5.82 Å². The van der Waals surface area contributed by atoms with E-state index in [0.29, 0.717) is 11.6 Å². The largest absolute Gasteiger partial charge is 0.494 e. The summed E-state index contributed by atoms with van der Waals surface area (Å²) in [5, 5.41) is 0. The van der Waals surface area contributed by atoms with Crippen LogP contribution in [-0.4, -0.2) is 29.4 Å². The summed E-state index contributed by atoms with van der Waals surface area (Å²) in [6.07, 6.45) is 8.26. The van der Waals surface area contributed by atoms with Crippen molar-refractivity contribution in [1.82, 2.24) is 9.97 Å². The van der Waals surface area contributed by atoms with Crippen LogP contribution in [0.3, 0.4) is 0 Å². The smallest absolute Gasteiger partial charge is 0.159 e. The average Bonchev–Trinajstić information content (AvgIpc) is 2.87. The van der Waals surface area contributed by atoms with Crippen LogP contribution in [-0.2, 0) is 0 Å². The van der Waals surface area contributed by atoms with Crippen LogP contribution < -0.4 is 9.47 Å². The molecule has 2 unspecified atom stereocenters. The molecular formula is C28H35FN2O2. The quantitative estimate of drug-likeness (QED) is 0.252. The third kappa shape index (κ3) is 7.55. The summed E-state index contributed by atoms with van der Waals surface area (Å²) in [4.78, 5) is 9.06. The lowest BCUT2D eigenvalue weighted by Crippen LogP contribution is -2.20. The highest BCUT2D eigenvalue weighted by molar-refractivity contribution is 5.64. The molecule has 5 heteroatoms. The number of ether oxygens (including phenoxy) is 2. The molecule has 33 heavy (non-hydrogen) atoms. The molecule has 0 saturated carbocycles. The lowest BCUT2D eigenvalue weighted by Gasteiger charge is -2.15. The molecule has 2 atom stereocenters. The molecule has 2 aromatic carbocycles. The zero-order chi connectivity index (χ0) is 23.5. The van der Waals surface area contributed by atoms with Gasteiger partial charge in [0.1, 0.15) is 24.3 Å². The minimum absolute atomic E-state index is 0.000727. The molecule has 0 aliphatic rings. The highest BCUT2D eigenvalue weighted by atomic mass is 19.1. The Morgan fingerprint density at radius 3 is 1.97 bits per heavy atom. The van der Waals surface area contributed by atoms with Gasteiger partial charge < -0.3 is 9.47 Å². The first-order valence-corrected chi connectivity index (χ1v) is 12.0. The predicted molar refractivity (Wildman–Crippen MR) is 132 cm³/mol. The fourth-order valence-corrected chi connectivity index (χ4v) is 3.38. The molecule has 0 spiro atoms. The number of hydrogen-bond donors (Lipinski definition) is 0. The van der Waals surface area contributed by atoms with E-state index in [9.17, 15) is 4.39 Å². The van der Waals surface area contributed by atoms with E-state index in [-0.39, 0.29) is 12.5 Å². The van der Waals surface area contributed by atoms with Crippen LogP contribution in [0.15, 0.2) is 60.9 Å². The van der Waals surface area contributed by atoms with Crippen LogP contribution in [0.2, 0.25) is 0 Å². The number of hydrogen-bond acceptors (Lipinski definition) is 4. The van der Waals surface area contributed by atoms with Crippen LogP contribution in [0.4, 0.5) is 4.39 Å². The number of halogens is 1. The van der Waals surface area contributed by atoms with Gasteiger partial charge in [0.2, 0.25) is 0 Å². The van der Waals surface area contributed by atoms with Crippen molar-refractivity contribution in [3.63, 3.8) is 0 Å². The Balaban J connectivity index is 1.54. The van der Waals surface area contributed by atoms with Crippen molar-refractivity contribution in [3.05, 3.63) is 60.9 Å². The van der Waals surface area contributed by atoms with E-state index in [1.54, 1.807) is 0 Å². The second-order valence-electron chi connectivity index (χ2n) is 8.47. The van der Waals surface area contributed by atoms with Gasteiger partial charge in [-0.05, 0) is 54.3 Å². The normalized spacial score (nSPS) is 12.8. The van der Waals surface area contributed by atoms with Crippen LogP contribution in [0.1, 0.15) is 52.9 Å². The summed E-state index contributed by atoms with van der Waals surface area (Å²) in [5.41, 5.74) is 2.85. The summed E-state index contributed by atoms with van der Waals surface area (Å²) in [6, 6.07) is 15.5.